The first-order chi connectivity index (χ1) is 8.83. The fourth-order valence-electron chi connectivity index (χ4n) is 2.91. The van der Waals surface area contributed by atoms with Gasteiger partial charge in [0.05, 0.1) is 6.10 Å². The first-order valence-corrected chi connectivity index (χ1v) is 6.66. The Labute approximate surface area is 113 Å². The molecule has 6 heteroatoms. The summed E-state index contributed by atoms with van der Waals surface area (Å²) in [6.07, 6.45) is -0.865. The Kier molecular flexibility index (Phi) is 3.92. The second-order valence-corrected chi connectivity index (χ2v) is 5.54. The van der Waals surface area contributed by atoms with Gasteiger partial charge in [0, 0.05) is 20.8 Å². The maximum atomic E-state index is 14.2. The van der Waals surface area contributed by atoms with Crippen molar-refractivity contribution < 1.29 is 23.3 Å². The van der Waals surface area contributed by atoms with Crippen LogP contribution >= 0.6 is 0 Å². The van der Waals surface area contributed by atoms with Crippen LogP contribution in [0.15, 0.2) is 0 Å². The lowest BCUT2D eigenvalue weighted by atomic mass is 9.83. The Hall–Kier alpha value is -0.270. The van der Waals surface area contributed by atoms with Crippen molar-refractivity contribution in [1.29, 1.82) is 0 Å². The number of rotatable bonds is 3. The third-order valence-corrected chi connectivity index (χ3v) is 4.56. The van der Waals surface area contributed by atoms with E-state index >= 15 is 0 Å². The Balaban J connectivity index is 2.39. The van der Waals surface area contributed by atoms with E-state index in [1.54, 1.807) is 13.8 Å². The standard InChI is InChI=1S/C13H24FNO4/c1-9(14)13-8-15-7-6-10(13)18-11(2,16-4)12(3,17-5)19-13/h9-10,15H,6-8H2,1-5H3/t9?,10?,11-,12?,13?/m1/s1. The van der Waals surface area contributed by atoms with Crippen LogP contribution in [0.1, 0.15) is 27.2 Å². The molecule has 4 unspecified atom stereocenters. The number of hydrogen-bond acceptors (Lipinski definition) is 5. The summed E-state index contributed by atoms with van der Waals surface area (Å²) in [5.41, 5.74) is -1.04. The Bertz CT molecular complexity index is 343. The van der Waals surface area contributed by atoms with E-state index in [2.05, 4.69) is 5.32 Å². The van der Waals surface area contributed by atoms with Gasteiger partial charge in [-0.25, -0.2) is 4.39 Å². The van der Waals surface area contributed by atoms with Gasteiger partial charge >= 0.3 is 0 Å². The molecule has 0 spiro atoms. The first-order valence-electron chi connectivity index (χ1n) is 6.66. The number of piperidine rings is 1. The second kappa shape index (κ2) is 4.93. The number of fused-ring (bicyclic) bond motifs is 1. The molecule has 112 valence electrons. The lowest BCUT2D eigenvalue weighted by molar-refractivity contribution is -0.476. The van der Waals surface area contributed by atoms with Gasteiger partial charge in [0.15, 0.2) is 0 Å². The summed E-state index contributed by atoms with van der Waals surface area (Å²) in [4.78, 5) is 0. The van der Waals surface area contributed by atoms with E-state index in [-0.39, 0.29) is 6.10 Å². The number of nitrogens with one attached hydrogen (secondary N) is 1. The summed E-state index contributed by atoms with van der Waals surface area (Å²) in [7, 11) is 3.04. The Morgan fingerprint density at radius 2 is 1.89 bits per heavy atom. The summed E-state index contributed by atoms with van der Waals surface area (Å²) in [5, 5.41) is 3.17. The molecule has 2 aliphatic rings. The van der Waals surface area contributed by atoms with E-state index in [1.807, 2.05) is 0 Å². The van der Waals surface area contributed by atoms with Crippen LogP contribution in [0.3, 0.4) is 0 Å². The molecule has 5 atom stereocenters. The molecule has 5 nitrogen and oxygen atoms in total. The van der Waals surface area contributed by atoms with Crippen molar-refractivity contribution in [2.24, 2.45) is 0 Å². The van der Waals surface area contributed by atoms with Crippen molar-refractivity contribution in [1.82, 2.24) is 5.32 Å². The summed E-state index contributed by atoms with van der Waals surface area (Å²) in [6.45, 7) is 6.13. The average Bonchev–Trinajstić information content (AvgIpc) is 2.39. The predicted octanol–water partition coefficient (Wildman–Crippen LogP) is 1.22. The highest BCUT2D eigenvalue weighted by atomic mass is 19.1. The zero-order valence-corrected chi connectivity index (χ0v) is 12.3. The van der Waals surface area contributed by atoms with E-state index in [1.165, 1.54) is 21.1 Å². The number of hydrogen-bond donors (Lipinski definition) is 1. The first kappa shape index (κ1) is 15.1. The van der Waals surface area contributed by atoms with Crippen LogP contribution in [-0.4, -0.2) is 56.8 Å². The van der Waals surface area contributed by atoms with Crippen LogP contribution < -0.4 is 5.32 Å². The normalized spacial score (nSPS) is 48.6. The number of ether oxygens (including phenoxy) is 4. The molecule has 0 radical (unpaired) electrons. The molecule has 1 N–H and O–H groups in total. The minimum atomic E-state index is -1.18. The molecule has 2 saturated heterocycles. The van der Waals surface area contributed by atoms with Crippen molar-refractivity contribution in [3.63, 3.8) is 0 Å². The monoisotopic (exact) mass is 277 g/mol. The molecule has 0 aliphatic carbocycles. The minimum absolute atomic E-state index is 0.359. The third-order valence-electron chi connectivity index (χ3n) is 4.56. The molecule has 0 aromatic carbocycles. The molecule has 0 saturated carbocycles. The summed E-state index contributed by atoms with van der Waals surface area (Å²) in [5.74, 6) is -2.24. The molecule has 2 heterocycles. The molecule has 0 amide bonds. The van der Waals surface area contributed by atoms with Crippen LogP contribution in [0.4, 0.5) is 4.39 Å². The molecule has 0 bridgehead atoms. The molecule has 19 heavy (non-hydrogen) atoms. The van der Waals surface area contributed by atoms with Crippen LogP contribution in [0.2, 0.25) is 0 Å². The Morgan fingerprint density at radius 3 is 2.42 bits per heavy atom. The van der Waals surface area contributed by atoms with Gasteiger partial charge in [0.25, 0.3) is 0 Å². The molecule has 0 aromatic heterocycles. The van der Waals surface area contributed by atoms with E-state index in [0.717, 1.165) is 6.54 Å². The van der Waals surface area contributed by atoms with Gasteiger partial charge in [0.2, 0.25) is 11.6 Å². The van der Waals surface area contributed by atoms with E-state index < -0.39 is 23.3 Å². The van der Waals surface area contributed by atoms with Crippen LogP contribution in [0.25, 0.3) is 0 Å². The molecule has 2 aliphatic heterocycles. The second-order valence-electron chi connectivity index (χ2n) is 5.54. The molecule has 2 rings (SSSR count). The van der Waals surface area contributed by atoms with Crippen molar-refractivity contribution in [2.45, 2.75) is 56.6 Å². The number of halogens is 1. The van der Waals surface area contributed by atoms with Gasteiger partial charge in [-0.05, 0) is 33.7 Å². The minimum Gasteiger partial charge on any atom is -0.349 e. The largest absolute Gasteiger partial charge is 0.349 e. The highest BCUT2D eigenvalue weighted by Gasteiger charge is 2.64. The lowest BCUT2D eigenvalue weighted by Gasteiger charge is -2.59. The molecular formula is C13H24FNO4. The smallest absolute Gasteiger partial charge is 0.220 e. The van der Waals surface area contributed by atoms with Gasteiger partial charge in [-0.15, -0.1) is 0 Å². The highest BCUT2D eigenvalue weighted by molar-refractivity contribution is 5.06. The average molecular weight is 277 g/mol. The summed E-state index contributed by atoms with van der Waals surface area (Å²) >= 11 is 0. The van der Waals surface area contributed by atoms with E-state index in [9.17, 15) is 4.39 Å². The fourth-order valence-corrected chi connectivity index (χ4v) is 2.91. The number of methoxy groups -OCH3 is 2. The third kappa shape index (κ3) is 2.10. The number of alkyl halides is 1. The van der Waals surface area contributed by atoms with Crippen molar-refractivity contribution in [2.75, 3.05) is 27.3 Å². The lowest BCUT2D eigenvalue weighted by Crippen LogP contribution is -2.75. The summed E-state index contributed by atoms with van der Waals surface area (Å²) < 4.78 is 37.2. The molecular weight excluding hydrogens is 253 g/mol. The maximum absolute atomic E-state index is 14.2. The quantitative estimate of drug-likeness (QED) is 0.840. The Morgan fingerprint density at radius 1 is 1.26 bits per heavy atom. The van der Waals surface area contributed by atoms with Crippen LogP contribution in [0, 0.1) is 0 Å². The van der Waals surface area contributed by atoms with Crippen molar-refractivity contribution in [3.8, 4) is 0 Å². The zero-order chi connectivity index (χ0) is 14.3. The molecule has 2 fully saturated rings. The maximum Gasteiger partial charge on any atom is 0.220 e. The SMILES string of the molecule is COC1(C)OC2(C(C)F)CNCCC2O[C@@]1(C)OC. The van der Waals surface area contributed by atoms with Crippen LogP contribution in [0.5, 0.6) is 0 Å². The highest BCUT2D eigenvalue weighted by Crippen LogP contribution is 2.46. The van der Waals surface area contributed by atoms with Gasteiger partial charge in [-0.2, -0.15) is 0 Å². The summed E-state index contributed by atoms with van der Waals surface area (Å²) in [6, 6.07) is 0. The fraction of sp³-hybridized carbons (Fsp3) is 1.00. The van der Waals surface area contributed by atoms with Crippen LogP contribution in [-0.2, 0) is 18.9 Å². The van der Waals surface area contributed by atoms with Crippen molar-refractivity contribution in [3.05, 3.63) is 0 Å². The van der Waals surface area contributed by atoms with E-state index in [0.29, 0.717) is 13.0 Å². The van der Waals surface area contributed by atoms with Gasteiger partial charge in [0.1, 0.15) is 11.8 Å². The van der Waals surface area contributed by atoms with Gasteiger partial charge in [-0.3, -0.25) is 0 Å². The van der Waals surface area contributed by atoms with Gasteiger partial charge < -0.3 is 24.3 Å². The van der Waals surface area contributed by atoms with E-state index in [4.69, 9.17) is 18.9 Å². The van der Waals surface area contributed by atoms with Gasteiger partial charge in [-0.1, -0.05) is 0 Å². The topological polar surface area (TPSA) is 49.0 Å². The van der Waals surface area contributed by atoms with Crippen molar-refractivity contribution >= 4 is 0 Å². The zero-order valence-electron chi connectivity index (χ0n) is 12.3. The molecule has 0 aromatic rings. The predicted molar refractivity (Wildman–Crippen MR) is 67.6 cm³/mol.